The molecule has 0 aliphatic rings. The van der Waals surface area contributed by atoms with Gasteiger partial charge in [0.05, 0.1) is 0 Å². The second-order valence-electron chi connectivity index (χ2n) is 0.758. The Morgan fingerprint density at radius 3 is 2.14 bits per heavy atom. The van der Waals surface area contributed by atoms with Crippen molar-refractivity contribution in [3.05, 3.63) is 0 Å². The van der Waals surface area contributed by atoms with E-state index in [0.717, 1.165) is 6.92 Å². The third-order valence-electron chi connectivity index (χ3n) is 0.172. The van der Waals surface area contributed by atoms with Crippen molar-refractivity contribution in [3.63, 3.8) is 0 Å². The monoisotopic (exact) mass is 170 g/mol. The van der Waals surface area contributed by atoms with Gasteiger partial charge in [-0.2, -0.15) is 0 Å². The Bertz CT molecular complexity index is 70.1. The fourth-order valence-electron chi connectivity index (χ4n) is 0.0887. The molecule has 0 atom stereocenters. The van der Waals surface area contributed by atoms with Gasteiger partial charge in [-0.1, -0.05) is 3.83 Å². The van der Waals surface area contributed by atoms with Gasteiger partial charge in [0.1, 0.15) is 0 Å². The average Bonchev–Trinajstić information content (AvgIpc) is 1.27. The van der Waals surface area contributed by atoms with Gasteiger partial charge in [-0.25, -0.2) is 4.79 Å². The number of carbonyl (C=O) groups is 1. The van der Waals surface area contributed by atoms with Crippen LogP contribution in [0, 0.1) is 14.8 Å². The van der Waals surface area contributed by atoms with Crippen LogP contribution in [0.15, 0.2) is 0 Å². The first-order valence-corrected chi connectivity index (χ1v) is 3.31. The molecular formula is C2H3BrO4. The maximum Gasteiger partial charge on any atom is 0.505 e. The molecule has 0 saturated heterocycles. The highest BCUT2D eigenvalue weighted by Gasteiger charge is 2.12. The van der Waals surface area contributed by atoms with Crippen LogP contribution in [0.1, 0.15) is 6.92 Å². The zero-order valence-corrected chi connectivity index (χ0v) is 5.10. The first-order valence-electron chi connectivity index (χ1n) is 1.37. The van der Waals surface area contributed by atoms with Crippen LogP contribution in [-0.4, -0.2) is 5.97 Å². The summed E-state index contributed by atoms with van der Waals surface area (Å²) in [4.78, 5) is 9.66. The zero-order chi connectivity index (χ0) is 5.86. The Balaban J connectivity index is 3.13. The lowest BCUT2D eigenvalue weighted by Crippen LogP contribution is -2.35. The number of hydrogen-bond acceptors (Lipinski definition) is 4. The molecule has 0 aliphatic heterocycles. The average molecular weight is 171 g/mol. The molecule has 5 heteroatoms. The first kappa shape index (κ1) is 6.87. The molecule has 0 radical (unpaired) electrons. The second-order valence-corrected chi connectivity index (χ2v) is 1.87. The summed E-state index contributed by atoms with van der Waals surface area (Å²) in [5, 5.41) is 0. The lowest BCUT2D eigenvalue weighted by atomic mass is 10.9. The van der Waals surface area contributed by atoms with Crippen molar-refractivity contribution in [2.45, 2.75) is 6.92 Å². The molecule has 0 aromatic carbocycles. The minimum absolute atomic E-state index is 0.792. The maximum absolute atomic E-state index is 9.66. The summed E-state index contributed by atoms with van der Waals surface area (Å²) in [6, 6.07) is 0. The van der Waals surface area contributed by atoms with Gasteiger partial charge in [0, 0.05) is 6.92 Å². The fraction of sp³-hybridized carbons (Fsp3) is 0.500. The summed E-state index contributed by atoms with van der Waals surface area (Å²) in [6.45, 7) is 1.03. The van der Waals surface area contributed by atoms with Gasteiger partial charge in [-0.05, 0) is 0 Å². The number of hydrogen-bond donors (Lipinski definition) is 0. The van der Waals surface area contributed by atoms with Crippen molar-refractivity contribution < 1.29 is 31.8 Å². The van der Waals surface area contributed by atoms with E-state index in [-0.39, 0.29) is 0 Å². The van der Waals surface area contributed by atoms with E-state index in [1.54, 1.807) is 0 Å². The molecular weight excluding hydrogens is 168 g/mol. The highest BCUT2D eigenvalue weighted by Crippen LogP contribution is 1.75. The predicted octanol–water partition coefficient (Wildman–Crippen LogP) is -2.36. The molecule has 0 fully saturated rings. The largest absolute Gasteiger partial charge is 0.505 e. The topological polar surface area (TPSA) is 72.4 Å². The van der Waals surface area contributed by atoms with E-state index in [1.807, 2.05) is 0 Å². The van der Waals surface area contributed by atoms with Crippen LogP contribution >= 0.6 is 0 Å². The van der Waals surface area contributed by atoms with E-state index >= 15 is 0 Å². The van der Waals surface area contributed by atoms with Gasteiger partial charge in [-0.15, -0.1) is 0 Å². The second kappa shape index (κ2) is 2.95. The van der Waals surface area contributed by atoms with Gasteiger partial charge in [0.15, 0.2) is 0 Å². The van der Waals surface area contributed by atoms with Gasteiger partial charge in [0.2, 0.25) is 0 Å². The van der Waals surface area contributed by atoms with Crippen LogP contribution in [-0.2, 0) is 8.62 Å². The minimum Gasteiger partial charge on any atom is -0.361 e. The minimum atomic E-state index is -3.30. The van der Waals surface area contributed by atoms with Crippen molar-refractivity contribution in [1.29, 1.82) is 0 Å². The van der Waals surface area contributed by atoms with Gasteiger partial charge >= 0.3 is 20.8 Å². The molecule has 0 amide bonds. The first-order chi connectivity index (χ1) is 3.13. The van der Waals surface area contributed by atoms with E-state index in [0.29, 0.717) is 0 Å². The Labute approximate surface area is 45.5 Å². The molecule has 0 N–H and O–H groups in total. The third-order valence-corrected chi connectivity index (χ3v) is 0.892. The Hall–Kier alpha value is -0.130. The van der Waals surface area contributed by atoms with Gasteiger partial charge in [0.25, 0.3) is 0 Å². The number of halogens is 1. The third kappa shape index (κ3) is 5.87. The molecule has 0 saturated carbocycles. The van der Waals surface area contributed by atoms with Crippen LogP contribution in [0.5, 0.6) is 0 Å². The van der Waals surface area contributed by atoms with Crippen molar-refractivity contribution in [3.8, 4) is 0 Å². The molecule has 7 heavy (non-hydrogen) atoms. The highest BCUT2D eigenvalue weighted by atomic mass is 80.0. The number of rotatable bonds is 1. The van der Waals surface area contributed by atoms with Crippen molar-refractivity contribution in [2.75, 3.05) is 0 Å². The van der Waals surface area contributed by atoms with E-state index in [4.69, 9.17) is 0 Å². The summed E-state index contributed by atoms with van der Waals surface area (Å²) in [6.07, 6.45) is 0. The highest BCUT2D eigenvalue weighted by molar-refractivity contribution is 5.64. The molecule has 0 bridgehead atoms. The van der Waals surface area contributed by atoms with Crippen LogP contribution in [0.25, 0.3) is 0 Å². The lowest BCUT2D eigenvalue weighted by Gasteiger charge is -1.83. The summed E-state index contributed by atoms with van der Waals surface area (Å²) in [5.74, 6) is -0.792. The Kier molecular flexibility index (Phi) is 2.89. The van der Waals surface area contributed by atoms with E-state index < -0.39 is 20.8 Å². The van der Waals surface area contributed by atoms with E-state index in [9.17, 15) is 13.2 Å². The molecule has 0 rings (SSSR count). The molecule has 4 nitrogen and oxygen atoms in total. The predicted molar refractivity (Wildman–Crippen MR) is 11.8 cm³/mol. The zero-order valence-electron chi connectivity index (χ0n) is 3.51. The summed E-state index contributed by atoms with van der Waals surface area (Å²) in [7, 11) is 0. The van der Waals surface area contributed by atoms with Crippen molar-refractivity contribution >= 4 is 5.97 Å². The summed E-state index contributed by atoms with van der Waals surface area (Å²) >= 11 is -3.30. The quantitative estimate of drug-likeness (QED) is 0.442. The standard InChI is InChI=1S/C2H3BrO4/c1-2(4)7-3(5)6/h1H3. The summed E-state index contributed by atoms with van der Waals surface area (Å²) < 4.78 is 22.5. The molecule has 0 unspecified atom stereocenters. The Morgan fingerprint density at radius 2 is 2.14 bits per heavy atom. The Morgan fingerprint density at radius 1 is 1.71 bits per heavy atom. The fourth-order valence-corrected chi connectivity index (χ4v) is 0.461. The molecule has 0 aromatic heterocycles. The van der Waals surface area contributed by atoms with E-state index in [1.165, 1.54) is 0 Å². The smallest absolute Gasteiger partial charge is 0.361 e. The normalized spacial score (nSPS) is 9.14. The molecule has 42 valence electrons. The SMILES string of the molecule is CC(=O)O[Br+2]([O-])[O-]. The van der Waals surface area contributed by atoms with Crippen molar-refractivity contribution in [1.82, 2.24) is 0 Å². The van der Waals surface area contributed by atoms with Gasteiger partial charge < -0.3 is 8.40 Å². The van der Waals surface area contributed by atoms with Gasteiger partial charge in [-0.3, -0.25) is 0 Å². The maximum atomic E-state index is 9.66. The van der Waals surface area contributed by atoms with Crippen LogP contribution in [0.4, 0.5) is 0 Å². The molecule has 0 spiro atoms. The number of carbonyl (C=O) groups excluding carboxylic acids is 1. The molecule has 0 aliphatic carbocycles. The van der Waals surface area contributed by atoms with Crippen molar-refractivity contribution in [2.24, 2.45) is 0 Å². The van der Waals surface area contributed by atoms with Crippen LogP contribution < -0.4 is 8.40 Å². The molecule has 0 heterocycles. The van der Waals surface area contributed by atoms with Crippen LogP contribution in [0.3, 0.4) is 0 Å². The summed E-state index contributed by atoms with van der Waals surface area (Å²) in [5.41, 5.74) is 0. The molecule has 0 aromatic rings. The van der Waals surface area contributed by atoms with E-state index in [2.05, 4.69) is 3.83 Å². The lowest BCUT2D eigenvalue weighted by molar-refractivity contribution is -1.62. The van der Waals surface area contributed by atoms with Crippen LogP contribution in [0.2, 0.25) is 0 Å².